The van der Waals surface area contributed by atoms with Gasteiger partial charge in [-0.2, -0.15) is 0 Å². The minimum Gasteiger partial charge on any atom is -0.341 e. The monoisotopic (exact) mass is 528 g/mol. The van der Waals surface area contributed by atoms with Gasteiger partial charge in [0, 0.05) is 32.5 Å². The van der Waals surface area contributed by atoms with Crippen LogP contribution >= 0.6 is 11.3 Å². The molecule has 1 saturated heterocycles. The summed E-state index contributed by atoms with van der Waals surface area (Å²) in [6.45, 7) is 8.55. The average Bonchev–Trinajstić information content (AvgIpc) is 3.18. The van der Waals surface area contributed by atoms with Crippen molar-refractivity contribution in [2.24, 2.45) is 5.41 Å². The van der Waals surface area contributed by atoms with Crippen LogP contribution in [0.15, 0.2) is 47.4 Å². The number of fused-ring (bicyclic) bond motifs is 1. The molecule has 0 radical (unpaired) electrons. The lowest BCUT2D eigenvalue weighted by Crippen LogP contribution is -2.50. The summed E-state index contributed by atoms with van der Waals surface area (Å²) in [5, 5.41) is 3.22. The zero-order valence-corrected chi connectivity index (χ0v) is 22.6. The van der Waals surface area contributed by atoms with E-state index in [2.05, 4.69) is 15.0 Å². The van der Waals surface area contributed by atoms with E-state index in [0.29, 0.717) is 31.1 Å². The van der Waals surface area contributed by atoms with Crippen molar-refractivity contribution < 1.29 is 18.0 Å². The fraction of sp³-hybridized carbons (Fsp3) is 0.423. The second-order valence-electron chi connectivity index (χ2n) is 10.4. The smallest absolute Gasteiger partial charge is 0.240 e. The summed E-state index contributed by atoms with van der Waals surface area (Å²) >= 11 is 1.37. The molecule has 1 aliphatic heterocycles. The number of thiazole rings is 1. The molecule has 1 atom stereocenters. The maximum absolute atomic E-state index is 13.2. The summed E-state index contributed by atoms with van der Waals surface area (Å²) < 4.78 is 30.2. The highest BCUT2D eigenvalue weighted by atomic mass is 32.2. The largest absolute Gasteiger partial charge is 0.341 e. The first-order chi connectivity index (χ1) is 16.9. The molecule has 2 amide bonds. The number of sulfonamides is 1. The van der Waals surface area contributed by atoms with Gasteiger partial charge >= 0.3 is 0 Å². The number of hydrogen-bond acceptors (Lipinski definition) is 6. The lowest BCUT2D eigenvalue weighted by Gasteiger charge is -2.34. The highest BCUT2D eigenvalue weighted by Gasteiger charge is 2.29. The van der Waals surface area contributed by atoms with Crippen LogP contribution in [-0.4, -0.2) is 49.2 Å². The van der Waals surface area contributed by atoms with E-state index in [1.54, 1.807) is 23.1 Å². The summed E-state index contributed by atoms with van der Waals surface area (Å²) in [5.74, 6) is -0.118. The van der Waals surface area contributed by atoms with Crippen molar-refractivity contribution in [1.82, 2.24) is 14.6 Å². The average molecular weight is 529 g/mol. The summed E-state index contributed by atoms with van der Waals surface area (Å²) in [5.41, 5.74) is 2.27. The minimum absolute atomic E-state index is 0.0634. The Morgan fingerprint density at radius 3 is 2.61 bits per heavy atom. The van der Waals surface area contributed by atoms with Gasteiger partial charge in [0.05, 0.1) is 15.1 Å². The van der Waals surface area contributed by atoms with Gasteiger partial charge in [0.2, 0.25) is 21.8 Å². The Kier molecular flexibility index (Phi) is 7.49. The van der Waals surface area contributed by atoms with Gasteiger partial charge in [-0.15, -0.1) is 0 Å². The predicted molar refractivity (Wildman–Crippen MR) is 143 cm³/mol. The first kappa shape index (κ1) is 26.2. The van der Waals surface area contributed by atoms with Crippen LogP contribution in [0.5, 0.6) is 0 Å². The standard InChI is InChI=1S/C26H32N4O4S2/c1-17(31)27-25-28-22-11-10-19(14-23(22)35-25)18-7-5-9-21(13-18)36(33,34)29-20-8-6-12-30(16-20)24(32)15-26(2,3)4/h5,7,9-11,13-14,20,29H,6,8,12,15-16H2,1-4H3,(H,27,28,31). The van der Waals surface area contributed by atoms with Crippen molar-refractivity contribution in [2.75, 3.05) is 18.4 Å². The Hall–Kier alpha value is -2.82. The Balaban J connectivity index is 1.51. The van der Waals surface area contributed by atoms with E-state index in [1.807, 2.05) is 45.0 Å². The number of nitrogens with zero attached hydrogens (tertiary/aromatic N) is 2. The normalized spacial score (nSPS) is 16.8. The third kappa shape index (κ3) is 6.48. The molecule has 2 aromatic carbocycles. The maximum atomic E-state index is 13.2. The minimum atomic E-state index is -3.77. The van der Waals surface area contributed by atoms with E-state index in [-0.39, 0.29) is 28.2 Å². The molecule has 3 aromatic rings. The van der Waals surface area contributed by atoms with Crippen molar-refractivity contribution in [2.45, 2.75) is 57.9 Å². The molecule has 10 heteroatoms. The molecule has 8 nitrogen and oxygen atoms in total. The van der Waals surface area contributed by atoms with Crippen LogP contribution in [0.3, 0.4) is 0 Å². The molecular weight excluding hydrogens is 496 g/mol. The molecule has 1 aliphatic rings. The molecular formula is C26H32N4O4S2. The second-order valence-corrected chi connectivity index (χ2v) is 13.2. The van der Waals surface area contributed by atoms with Gasteiger partial charge in [-0.3, -0.25) is 9.59 Å². The van der Waals surface area contributed by atoms with Crippen LogP contribution in [0.4, 0.5) is 5.13 Å². The number of anilines is 1. The first-order valence-corrected chi connectivity index (χ1v) is 14.3. The van der Waals surface area contributed by atoms with E-state index >= 15 is 0 Å². The number of likely N-dealkylation sites (tertiary alicyclic amines) is 1. The van der Waals surface area contributed by atoms with Gasteiger partial charge in [-0.1, -0.05) is 50.3 Å². The molecule has 36 heavy (non-hydrogen) atoms. The van der Waals surface area contributed by atoms with Crippen LogP contribution in [-0.2, 0) is 19.6 Å². The fourth-order valence-corrected chi connectivity index (χ4v) is 6.56. The lowest BCUT2D eigenvalue weighted by molar-refractivity contribution is -0.134. The first-order valence-electron chi connectivity index (χ1n) is 12.0. The molecule has 1 fully saturated rings. The molecule has 0 saturated carbocycles. The molecule has 1 aromatic heterocycles. The molecule has 0 bridgehead atoms. The highest BCUT2D eigenvalue weighted by molar-refractivity contribution is 7.89. The Morgan fingerprint density at radius 2 is 1.89 bits per heavy atom. The summed E-state index contributed by atoms with van der Waals surface area (Å²) in [6.07, 6.45) is 1.89. The third-order valence-electron chi connectivity index (χ3n) is 5.93. The number of benzene rings is 2. The van der Waals surface area contributed by atoms with Gasteiger partial charge in [0.25, 0.3) is 0 Å². The van der Waals surface area contributed by atoms with E-state index in [4.69, 9.17) is 0 Å². The van der Waals surface area contributed by atoms with Crippen LogP contribution in [0, 0.1) is 5.41 Å². The van der Waals surface area contributed by atoms with Crippen LogP contribution in [0.2, 0.25) is 0 Å². The Morgan fingerprint density at radius 1 is 1.14 bits per heavy atom. The summed E-state index contributed by atoms with van der Waals surface area (Å²) in [7, 11) is -3.77. The SMILES string of the molecule is CC(=O)Nc1nc2ccc(-c3cccc(S(=O)(=O)NC4CCCN(C(=O)CC(C)(C)C)C4)c3)cc2s1. The fourth-order valence-electron chi connectivity index (χ4n) is 4.30. The molecule has 2 N–H and O–H groups in total. The quantitative estimate of drug-likeness (QED) is 0.485. The molecule has 0 spiro atoms. The van der Waals surface area contributed by atoms with Crippen LogP contribution in [0.1, 0.15) is 47.0 Å². The highest BCUT2D eigenvalue weighted by Crippen LogP contribution is 2.31. The molecule has 1 unspecified atom stereocenters. The Labute approximate surface area is 216 Å². The molecule has 192 valence electrons. The third-order valence-corrected chi connectivity index (χ3v) is 8.38. The van der Waals surface area contributed by atoms with Crippen molar-refractivity contribution >= 4 is 48.5 Å². The van der Waals surface area contributed by atoms with Gasteiger partial charge in [0.15, 0.2) is 5.13 Å². The lowest BCUT2D eigenvalue weighted by atomic mass is 9.91. The zero-order valence-electron chi connectivity index (χ0n) is 21.0. The van der Waals surface area contributed by atoms with Gasteiger partial charge in [0.1, 0.15) is 0 Å². The van der Waals surface area contributed by atoms with Gasteiger partial charge in [-0.25, -0.2) is 18.1 Å². The van der Waals surface area contributed by atoms with Crippen molar-refractivity contribution in [3.63, 3.8) is 0 Å². The number of carbonyl (C=O) groups is 2. The Bertz CT molecular complexity index is 1390. The number of aromatic nitrogens is 1. The van der Waals surface area contributed by atoms with Crippen LogP contribution in [0.25, 0.3) is 21.3 Å². The maximum Gasteiger partial charge on any atom is 0.240 e. The number of hydrogen-bond donors (Lipinski definition) is 2. The number of amides is 2. The predicted octanol–water partition coefficient (Wildman–Crippen LogP) is 4.63. The topological polar surface area (TPSA) is 108 Å². The summed E-state index contributed by atoms with van der Waals surface area (Å²) in [4.78, 5) is 30.4. The van der Waals surface area contributed by atoms with Crippen molar-refractivity contribution in [1.29, 1.82) is 0 Å². The molecule has 4 rings (SSSR count). The molecule has 0 aliphatic carbocycles. The van der Waals surface area contributed by atoms with Gasteiger partial charge in [-0.05, 0) is 53.6 Å². The number of rotatable bonds is 6. The van der Waals surface area contributed by atoms with Crippen molar-refractivity contribution in [3.05, 3.63) is 42.5 Å². The number of piperidine rings is 1. The molecule has 2 heterocycles. The summed E-state index contributed by atoms with van der Waals surface area (Å²) in [6, 6.07) is 12.2. The van der Waals surface area contributed by atoms with E-state index < -0.39 is 10.0 Å². The van der Waals surface area contributed by atoms with E-state index in [9.17, 15) is 18.0 Å². The zero-order chi connectivity index (χ0) is 26.1. The van der Waals surface area contributed by atoms with E-state index in [0.717, 1.165) is 27.8 Å². The van der Waals surface area contributed by atoms with Gasteiger partial charge < -0.3 is 10.2 Å². The van der Waals surface area contributed by atoms with Crippen LogP contribution < -0.4 is 10.0 Å². The number of nitrogens with one attached hydrogen (secondary N) is 2. The number of carbonyl (C=O) groups excluding carboxylic acids is 2. The van der Waals surface area contributed by atoms with E-state index in [1.165, 1.54) is 18.3 Å². The second kappa shape index (κ2) is 10.3. The van der Waals surface area contributed by atoms with Crippen molar-refractivity contribution in [3.8, 4) is 11.1 Å².